The Morgan fingerprint density at radius 1 is 1.55 bits per heavy atom. The van der Waals surface area contributed by atoms with Crippen molar-refractivity contribution in [3.05, 3.63) is 35.1 Å². The van der Waals surface area contributed by atoms with Gasteiger partial charge in [-0.1, -0.05) is 0 Å². The zero-order chi connectivity index (χ0) is 8.43. The topological polar surface area (TPSA) is 37.3 Å². The number of rotatable bonds is 1. The molecular weight excluding hydrogens is 146 g/mol. The zero-order valence-electron chi connectivity index (χ0n) is 5.97. The number of carboxylic acids is 1. The Labute approximate surface area is 63.3 Å². The van der Waals surface area contributed by atoms with E-state index in [-0.39, 0.29) is 11.4 Å². The van der Waals surface area contributed by atoms with Gasteiger partial charge >= 0.3 is 5.97 Å². The Morgan fingerprint density at radius 3 is 2.64 bits per heavy atom. The number of aromatic carboxylic acids is 1. The highest BCUT2D eigenvalue weighted by Crippen LogP contribution is 2.08. The maximum absolute atomic E-state index is 12.6. The summed E-state index contributed by atoms with van der Waals surface area (Å²) in [5, 5.41) is 8.48. The molecule has 0 fully saturated rings. The van der Waals surface area contributed by atoms with Crippen LogP contribution in [0.1, 0.15) is 15.9 Å². The molecule has 1 aromatic rings. The zero-order valence-corrected chi connectivity index (χ0v) is 5.97. The SMILES string of the molecule is Cc1cc(C(=O)O)ccc1[18F]. The second-order valence-electron chi connectivity index (χ2n) is 2.27. The highest BCUT2D eigenvalue weighted by Gasteiger charge is 2.03. The van der Waals surface area contributed by atoms with Gasteiger partial charge in [0.2, 0.25) is 0 Å². The van der Waals surface area contributed by atoms with Crippen LogP contribution in [-0.4, -0.2) is 11.1 Å². The van der Waals surface area contributed by atoms with E-state index < -0.39 is 5.97 Å². The fourth-order valence-electron chi connectivity index (χ4n) is 0.778. The monoisotopic (exact) mass is 153 g/mol. The number of benzene rings is 1. The smallest absolute Gasteiger partial charge is 0.335 e. The van der Waals surface area contributed by atoms with Crippen molar-refractivity contribution < 1.29 is 14.3 Å². The molecular formula is C8H7FO2. The Bertz CT molecular complexity index is 294. The predicted molar refractivity (Wildman–Crippen MR) is 38.1 cm³/mol. The van der Waals surface area contributed by atoms with Crippen LogP contribution < -0.4 is 0 Å². The van der Waals surface area contributed by atoms with Crippen molar-refractivity contribution >= 4 is 5.97 Å². The van der Waals surface area contributed by atoms with Crippen LogP contribution in [0, 0.1) is 12.7 Å². The molecule has 0 amide bonds. The van der Waals surface area contributed by atoms with Gasteiger partial charge in [0.05, 0.1) is 5.56 Å². The lowest BCUT2D eigenvalue weighted by Gasteiger charge is -1.96. The standard InChI is InChI=1S/C8H7FO2/c1-5-4-6(8(10)11)2-3-7(5)9/h2-4H,1H3,(H,10,11)/i9-1. The summed E-state index contributed by atoms with van der Waals surface area (Å²) in [6, 6.07) is 3.70. The molecule has 3 heteroatoms. The van der Waals surface area contributed by atoms with Crippen molar-refractivity contribution in [2.24, 2.45) is 0 Å². The molecule has 0 heterocycles. The van der Waals surface area contributed by atoms with E-state index in [0.29, 0.717) is 5.56 Å². The maximum atomic E-state index is 12.6. The van der Waals surface area contributed by atoms with E-state index in [1.807, 2.05) is 0 Å². The average Bonchev–Trinajstić information content (AvgIpc) is 1.94. The molecule has 0 aliphatic rings. The van der Waals surface area contributed by atoms with E-state index in [1.54, 1.807) is 0 Å². The summed E-state index contributed by atoms with van der Waals surface area (Å²) in [6.45, 7) is 1.53. The van der Waals surface area contributed by atoms with Crippen LogP contribution in [0.2, 0.25) is 0 Å². The largest absolute Gasteiger partial charge is 0.478 e. The van der Waals surface area contributed by atoms with Crippen LogP contribution in [-0.2, 0) is 0 Å². The number of aryl methyl sites for hydroxylation is 1. The number of hydrogen-bond donors (Lipinski definition) is 1. The third-order valence-electron chi connectivity index (χ3n) is 1.40. The molecule has 1 N–H and O–H groups in total. The fraction of sp³-hybridized carbons (Fsp3) is 0.125. The van der Waals surface area contributed by atoms with Crippen molar-refractivity contribution in [2.75, 3.05) is 0 Å². The molecule has 0 unspecified atom stereocenters. The molecule has 0 aliphatic carbocycles. The summed E-state index contributed by atoms with van der Waals surface area (Å²) >= 11 is 0. The van der Waals surface area contributed by atoms with Gasteiger partial charge in [-0.15, -0.1) is 0 Å². The fourth-order valence-corrected chi connectivity index (χ4v) is 0.778. The van der Waals surface area contributed by atoms with Gasteiger partial charge in [0.25, 0.3) is 0 Å². The predicted octanol–water partition coefficient (Wildman–Crippen LogP) is 1.83. The Kier molecular flexibility index (Phi) is 1.89. The molecule has 11 heavy (non-hydrogen) atoms. The van der Waals surface area contributed by atoms with E-state index in [0.717, 1.165) is 6.07 Å². The quantitative estimate of drug-likeness (QED) is 0.668. The molecule has 0 aromatic heterocycles. The second-order valence-corrected chi connectivity index (χ2v) is 2.27. The summed E-state index contributed by atoms with van der Waals surface area (Å²) in [7, 11) is 0. The minimum atomic E-state index is -1.03. The highest BCUT2D eigenvalue weighted by atomic mass is 18.2. The third kappa shape index (κ3) is 1.55. The van der Waals surface area contributed by atoms with Gasteiger partial charge in [-0.3, -0.25) is 0 Å². The Balaban J connectivity index is 3.15. The minimum Gasteiger partial charge on any atom is -0.478 e. The molecule has 0 aliphatic heterocycles. The highest BCUT2D eigenvalue weighted by molar-refractivity contribution is 5.87. The molecule has 1 aromatic carbocycles. The van der Waals surface area contributed by atoms with Crippen molar-refractivity contribution in [2.45, 2.75) is 6.92 Å². The van der Waals surface area contributed by atoms with Crippen LogP contribution in [0.5, 0.6) is 0 Å². The number of hydrogen-bond acceptors (Lipinski definition) is 1. The lowest BCUT2D eigenvalue weighted by atomic mass is 10.1. The lowest BCUT2D eigenvalue weighted by molar-refractivity contribution is 0.0696. The maximum Gasteiger partial charge on any atom is 0.335 e. The van der Waals surface area contributed by atoms with Gasteiger partial charge in [-0.2, -0.15) is 0 Å². The molecule has 0 radical (unpaired) electrons. The molecule has 1 rings (SSSR count). The van der Waals surface area contributed by atoms with Crippen molar-refractivity contribution in [3.8, 4) is 0 Å². The van der Waals surface area contributed by atoms with E-state index in [9.17, 15) is 9.18 Å². The van der Waals surface area contributed by atoms with E-state index in [2.05, 4.69) is 0 Å². The van der Waals surface area contributed by atoms with Crippen molar-refractivity contribution in [3.63, 3.8) is 0 Å². The Morgan fingerprint density at radius 2 is 2.18 bits per heavy atom. The van der Waals surface area contributed by atoms with Crippen LogP contribution in [0.4, 0.5) is 4.39 Å². The normalized spacial score (nSPS) is 9.64. The van der Waals surface area contributed by atoms with Gasteiger partial charge < -0.3 is 5.11 Å². The first kappa shape index (κ1) is 7.72. The van der Waals surface area contributed by atoms with Gasteiger partial charge in [-0.25, -0.2) is 9.18 Å². The molecule has 0 bridgehead atoms. The van der Waals surface area contributed by atoms with Gasteiger partial charge in [0.1, 0.15) is 5.82 Å². The second kappa shape index (κ2) is 2.70. The summed E-state index contributed by atoms with van der Waals surface area (Å²) in [6.07, 6.45) is 0. The third-order valence-corrected chi connectivity index (χ3v) is 1.40. The van der Waals surface area contributed by atoms with E-state index in [4.69, 9.17) is 5.11 Å². The molecule has 0 atom stereocenters. The van der Waals surface area contributed by atoms with Crippen molar-refractivity contribution in [1.29, 1.82) is 0 Å². The lowest BCUT2D eigenvalue weighted by Crippen LogP contribution is -1.97. The van der Waals surface area contributed by atoms with Crippen LogP contribution >= 0.6 is 0 Å². The molecule has 0 spiro atoms. The molecule has 58 valence electrons. The summed E-state index contributed by atoms with van der Waals surface area (Å²) < 4.78 is 12.6. The Hall–Kier alpha value is -1.38. The van der Waals surface area contributed by atoms with E-state index >= 15 is 0 Å². The first-order valence-corrected chi connectivity index (χ1v) is 3.10. The summed E-state index contributed by atoms with van der Waals surface area (Å²) in [4.78, 5) is 10.3. The van der Waals surface area contributed by atoms with Gasteiger partial charge in [0, 0.05) is 0 Å². The number of halogens is 1. The first-order valence-electron chi connectivity index (χ1n) is 3.10. The van der Waals surface area contributed by atoms with Gasteiger partial charge in [0.15, 0.2) is 0 Å². The summed E-state index contributed by atoms with van der Waals surface area (Å²) in [5.74, 6) is -1.41. The van der Waals surface area contributed by atoms with Crippen LogP contribution in [0.25, 0.3) is 0 Å². The summed E-state index contributed by atoms with van der Waals surface area (Å²) in [5.41, 5.74) is 0.466. The van der Waals surface area contributed by atoms with Crippen molar-refractivity contribution in [1.82, 2.24) is 0 Å². The number of carbonyl (C=O) groups is 1. The van der Waals surface area contributed by atoms with Gasteiger partial charge in [-0.05, 0) is 30.7 Å². The minimum absolute atomic E-state index is 0.115. The van der Waals surface area contributed by atoms with Crippen LogP contribution in [0.3, 0.4) is 0 Å². The van der Waals surface area contributed by atoms with E-state index in [1.165, 1.54) is 19.1 Å². The molecule has 2 nitrogen and oxygen atoms in total. The van der Waals surface area contributed by atoms with Crippen LogP contribution in [0.15, 0.2) is 18.2 Å². The first-order chi connectivity index (χ1) is 5.11. The molecule has 0 saturated heterocycles. The average molecular weight is 153 g/mol. The number of carboxylic acid groups (broad SMARTS) is 1. The molecule has 0 saturated carbocycles.